The van der Waals surface area contributed by atoms with Crippen LogP contribution in [0.3, 0.4) is 0 Å². The van der Waals surface area contributed by atoms with Gasteiger partial charge in [0.25, 0.3) is 0 Å². The van der Waals surface area contributed by atoms with Crippen LogP contribution in [-0.4, -0.2) is 33.6 Å². The molecule has 0 bridgehead atoms. The van der Waals surface area contributed by atoms with Gasteiger partial charge in [-0.3, -0.25) is 4.68 Å². The molecule has 0 N–H and O–H groups in total. The number of halogens is 1. The molecule has 2 aromatic rings. The van der Waals surface area contributed by atoms with E-state index in [9.17, 15) is 0 Å². The third-order valence-corrected chi connectivity index (χ3v) is 4.19. The molecule has 0 radical (unpaired) electrons. The van der Waals surface area contributed by atoms with Gasteiger partial charge < -0.3 is 4.90 Å². The highest BCUT2D eigenvalue weighted by molar-refractivity contribution is 9.09. The zero-order valence-electron chi connectivity index (χ0n) is 12.5. The molecule has 110 valence electrons. The maximum atomic E-state index is 4.76. The highest BCUT2D eigenvalue weighted by Crippen LogP contribution is 2.19. The SMILES string of the molecule is CCn1nc(CN(C)CCCCCBr)c2ccccc21. The molecule has 1 aromatic carbocycles. The van der Waals surface area contributed by atoms with Gasteiger partial charge in [0, 0.05) is 23.8 Å². The normalized spacial score (nSPS) is 11.6. The summed E-state index contributed by atoms with van der Waals surface area (Å²) in [4.78, 5) is 2.38. The van der Waals surface area contributed by atoms with E-state index in [0.717, 1.165) is 25.0 Å². The third-order valence-electron chi connectivity index (χ3n) is 3.63. The number of aromatic nitrogens is 2. The molecule has 0 amide bonds. The molecule has 0 fully saturated rings. The van der Waals surface area contributed by atoms with Crippen LogP contribution in [0.1, 0.15) is 31.9 Å². The van der Waals surface area contributed by atoms with Gasteiger partial charge in [0.2, 0.25) is 0 Å². The second-order valence-corrected chi connectivity index (χ2v) is 6.06. The summed E-state index contributed by atoms with van der Waals surface area (Å²) < 4.78 is 2.10. The van der Waals surface area contributed by atoms with E-state index in [1.54, 1.807) is 0 Å². The Hall–Kier alpha value is -0.870. The number of benzene rings is 1. The minimum atomic E-state index is 0.926. The van der Waals surface area contributed by atoms with Crippen molar-refractivity contribution in [3.05, 3.63) is 30.0 Å². The van der Waals surface area contributed by atoms with Crippen LogP contribution < -0.4 is 0 Å². The van der Waals surface area contributed by atoms with Gasteiger partial charge in [-0.15, -0.1) is 0 Å². The summed E-state index contributed by atoms with van der Waals surface area (Å²) in [6.07, 6.45) is 3.81. The van der Waals surface area contributed by atoms with E-state index in [2.05, 4.69) is 63.7 Å². The van der Waals surface area contributed by atoms with Gasteiger partial charge in [-0.1, -0.05) is 40.5 Å². The van der Waals surface area contributed by atoms with Crippen LogP contribution in [0.5, 0.6) is 0 Å². The van der Waals surface area contributed by atoms with Gasteiger partial charge in [-0.25, -0.2) is 0 Å². The molecular formula is C16H24BrN3. The number of unbranched alkanes of at least 4 members (excludes halogenated alkanes) is 2. The molecule has 0 saturated carbocycles. The van der Waals surface area contributed by atoms with Crippen LogP contribution in [0.25, 0.3) is 10.9 Å². The van der Waals surface area contributed by atoms with Crippen LogP contribution in [0.4, 0.5) is 0 Å². The minimum absolute atomic E-state index is 0.926. The highest BCUT2D eigenvalue weighted by atomic mass is 79.9. The largest absolute Gasteiger partial charge is 0.300 e. The van der Waals surface area contributed by atoms with Crippen molar-refractivity contribution in [2.45, 2.75) is 39.3 Å². The van der Waals surface area contributed by atoms with Gasteiger partial charge in [-0.2, -0.15) is 5.10 Å². The molecule has 1 heterocycles. The summed E-state index contributed by atoms with van der Waals surface area (Å²) in [7, 11) is 2.19. The number of rotatable bonds is 8. The van der Waals surface area contributed by atoms with E-state index < -0.39 is 0 Å². The van der Waals surface area contributed by atoms with Crippen LogP contribution in [0, 0.1) is 0 Å². The standard InChI is InChI=1S/C16H24BrN3/c1-3-20-16-10-6-5-9-14(16)15(18-20)13-19(2)12-8-4-7-11-17/h5-6,9-10H,3-4,7-8,11-13H2,1-2H3. The van der Waals surface area contributed by atoms with Gasteiger partial charge in [0.05, 0.1) is 11.2 Å². The van der Waals surface area contributed by atoms with Crippen molar-refractivity contribution in [2.24, 2.45) is 0 Å². The zero-order chi connectivity index (χ0) is 14.4. The number of hydrogen-bond acceptors (Lipinski definition) is 2. The fourth-order valence-corrected chi connectivity index (χ4v) is 2.94. The summed E-state index contributed by atoms with van der Waals surface area (Å²) in [5.74, 6) is 0. The molecule has 3 nitrogen and oxygen atoms in total. The van der Waals surface area contributed by atoms with Gasteiger partial charge in [0.1, 0.15) is 0 Å². The number of para-hydroxylation sites is 1. The van der Waals surface area contributed by atoms with E-state index in [1.807, 2.05) is 0 Å². The van der Waals surface area contributed by atoms with E-state index in [4.69, 9.17) is 5.10 Å². The topological polar surface area (TPSA) is 21.1 Å². The molecule has 20 heavy (non-hydrogen) atoms. The molecule has 0 aliphatic rings. The molecule has 0 saturated heterocycles. The third kappa shape index (κ3) is 3.83. The fraction of sp³-hybridized carbons (Fsp3) is 0.562. The Morgan fingerprint density at radius 1 is 1.20 bits per heavy atom. The van der Waals surface area contributed by atoms with Gasteiger partial charge in [0.15, 0.2) is 0 Å². The number of hydrogen-bond donors (Lipinski definition) is 0. The molecule has 4 heteroatoms. The average Bonchev–Trinajstić information content (AvgIpc) is 2.82. The van der Waals surface area contributed by atoms with Crippen molar-refractivity contribution in [3.63, 3.8) is 0 Å². The van der Waals surface area contributed by atoms with Crippen molar-refractivity contribution in [1.82, 2.24) is 14.7 Å². The van der Waals surface area contributed by atoms with E-state index in [-0.39, 0.29) is 0 Å². The molecule has 0 aliphatic heterocycles. The van der Waals surface area contributed by atoms with Crippen LogP contribution in [0.15, 0.2) is 24.3 Å². The Bertz CT molecular complexity index is 536. The Labute approximate surface area is 130 Å². The first-order chi connectivity index (χ1) is 9.76. The molecule has 0 spiro atoms. The predicted octanol–water partition coefficient (Wildman–Crippen LogP) is 4.05. The second-order valence-electron chi connectivity index (χ2n) is 5.27. The average molecular weight is 338 g/mol. The van der Waals surface area contributed by atoms with Crippen molar-refractivity contribution in [1.29, 1.82) is 0 Å². The smallest absolute Gasteiger partial charge is 0.0843 e. The number of nitrogens with zero attached hydrogens (tertiary/aromatic N) is 3. The molecular weight excluding hydrogens is 314 g/mol. The quantitative estimate of drug-likeness (QED) is 0.535. The summed E-state index contributed by atoms with van der Waals surface area (Å²) in [6, 6.07) is 8.53. The minimum Gasteiger partial charge on any atom is -0.300 e. The lowest BCUT2D eigenvalue weighted by Gasteiger charge is -2.15. The first kappa shape index (κ1) is 15.5. The monoisotopic (exact) mass is 337 g/mol. The fourth-order valence-electron chi connectivity index (χ4n) is 2.54. The molecule has 0 unspecified atom stereocenters. The summed E-state index contributed by atoms with van der Waals surface area (Å²) in [5, 5.41) is 7.17. The van der Waals surface area contributed by atoms with Crippen LogP contribution in [0.2, 0.25) is 0 Å². The molecule has 0 aliphatic carbocycles. The molecule has 2 rings (SSSR count). The van der Waals surface area contributed by atoms with Crippen molar-refractivity contribution < 1.29 is 0 Å². The molecule has 0 atom stereocenters. The zero-order valence-corrected chi connectivity index (χ0v) is 14.1. The maximum absolute atomic E-state index is 4.76. The lowest BCUT2D eigenvalue weighted by molar-refractivity contribution is 0.314. The van der Waals surface area contributed by atoms with Crippen LogP contribution in [-0.2, 0) is 13.1 Å². The Balaban J connectivity index is 2.02. The predicted molar refractivity (Wildman–Crippen MR) is 89.4 cm³/mol. The van der Waals surface area contributed by atoms with Gasteiger partial charge >= 0.3 is 0 Å². The van der Waals surface area contributed by atoms with Crippen LogP contribution >= 0.6 is 15.9 Å². The van der Waals surface area contributed by atoms with Crippen molar-refractivity contribution >= 4 is 26.8 Å². The number of alkyl halides is 1. The van der Waals surface area contributed by atoms with E-state index in [0.29, 0.717) is 0 Å². The lowest BCUT2D eigenvalue weighted by atomic mass is 10.2. The Morgan fingerprint density at radius 3 is 2.75 bits per heavy atom. The van der Waals surface area contributed by atoms with E-state index in [1.165, 1.54) is 35.9 Å². The summed E-state index contributed by atoms with van der Waals surface area (Å²) in [6.45, 7) is 5.14. The lowest BCUT2D eigenvalue weighted by Crippen LogP contribution is -2.19. The first-order valence-corrected chi connectivity index (χ1v) is 8.57. The Morgan fingerprint density at radius 2 is 2.00 bits per heavy atom. The molecule has 1 aromatic heterocycles. The summed E-state index contributed by atoms with van der Waals surface area (Å²) in [5.41, 5.74) is 2.45. The van der Waals surface area contributed by atoms with Gasteiger partial charge in [-0.05, 0) is 39.4 Å². The first-order valence-electron chi connectivity index (χ1n) is 7.45. The highest BCUT2D eigenvalue weighted by Gasteiger charge is 2.10. The van der Waals surface area contributed by atoms with E-state index >= 15 is 0 Å². The summed E-state index contributed by atoms with van der Waals surface area (Å²) >= 11 is 3.48. The van der Waals surface area contributed by atoms with Crippen molar-refractivity contribution in [3.8, 4) is 0 Å². The number of aryl methyl sites for hydroxylation is 1. The maximum Gasteiger partial charge on any atom is 0.0843 e. The number of fused-ring (bicyclic) bond motifs is 1. The Kier molecular flexibility index (Phi) is 6.05. The van der Waals surface area contributed by atoms with Crippen molar-refractivity contribution in [2.75, 3.05) is 18.9 Å². The second kappa shape index (κ2) is 7.79.